The summed E-state index contributed by atoms with van der Waals surface area (Å²) in [4.78, 5) is 44.1. The summed E-state index contributed by atoms with van der Waals surface area (Å²) in [7, 11) is 0. The molecule has 0 aliphatic carbocycles. The first-order valence-electron chi connectivity index (χ1n) is 12.9. The highest BCUT2D eigenvalue weighted by Crippen LogP contribution is 2.38. The highest BCUT2D eigenvalue weighted by atomic mass is 35.5. The Balaban J connectivity index is 1.50. The molecule has 1 aliphatic rings. The lowest BCUT2D eigenvalue weighted by atomic mass is 9.80. The van der Waals surface area contributed by atoms with Gasteiger partial charge in [-0.1, -0.05) is 11.6 Å². The number of anilines is 1. The Morgan fingerprint density at radius 2 is 1.95 bits per heavy atom. The zero-order valence-corrected chi connectivity index (χ0v) is 23.3. The van der Waals surface area contributed by atoms with Gasteiger partial charge in [0.25, 0.3) is 5.91 Å². The Hall–Kier alpha value is -4.59. The minimum absolute atomic E-state index is 0.0303. The minimum atomic E-state index is -3.15. The number of alkyl halides is 2. The van der Waals surface area contributed by atoms with Crippen molar-refractivity contribution in [2.75, 3.05) is 18.4 Å². The molecule has 4 heterocycles. The Labute approximate surface area is 242 Å². The normalized spacial score (nSPS) is 15.5. The number of hydrogen-bond acceptors (Lipinski definition) is 7. The van der Waals surface area contributed by atoms with Crippen LogP contribution in [0.15, 0.2) is 49.1 Å². The van der Waals surface area contributed by atoms with Gasteiger partial charge in [-0.05, 0) is 51.0 Å². The molecule has 1 unspecified atom stereocenters. The second kappa shape index (κ2) is 11.4. The Bertz CT molecular complexity index is 1670. The molecule has 12 nitrogen and oxygen atoms in total. The third kappa shape index (κ3) is 5.62. The predicted octanol–water partition coefficient (Wildman–Crippen LogP) is 4.37. The number of nitrogens with one attached hydrogen (secondary N) is 1. The van der Waals surface area contributed by atoms with Crippen LogP contribution in [-0.2, 0) is 9.59 Å². The highest BCUT2D eigenvalue weighted by molar-refractivity contribution is 6.31. The second-order valence-corrected chi connectivity index (χ2v) is 10.6. The number of amides is 2. The lowest BCUT2D eigenvalue weighted by molar-refractivity contribution is -0.153. The van der Waals surface area contributed by atoms with Crippen LogP contribution in [0.2, 0.25) is 5.02 Å². The number of fused-ring (bicyclic) bond motifs is 1. The van der Waals surface area contributed by atoms with Crippen molar-refractivity contribution in [3.8, 4) is 17.0 Å². The summed E-state index contributed by atoms with van der Waals surface area (Å²) in [6.07, 6.45) is 6.45. The fourth-order valence-corrected chi connectivity index (χ4v) is 4.93. The van der Waals surface area contributed by atoms with Crippen molar-refractivity contribution in [3.63, 3.8) is 0 Å². The Kier molecular flexibility index (Phi) is 7.82. The van der Waals surface area contributed by atoms with Crippen LogP contribution in [0.5, 0.6) is 5.75 Å². The molecule has 0 bridgehead atoms. The third-order valence-electron chi connectivity index (χ3n) is 7.37. The van der Waals surface area contributed by atoms with Gasteiger partial charge in [-0.25, -0.2) is 9.50 Å². The molecule has 42 heavy (non-hydrogen) atoms. The maximum atomic E-state index is 13.4. The van der Waals surface area contributed by atoms with Gasteiger partial charge in [0.15, 0.2) is 5.65 Å². The Morgan fingerprint density at radius 3 is 2.64 bits per heavy atom. The van der Waals surface area contributed by atoms with Crippen molar-refractivity contribution in [3.05, 3.63) is 59.6 Å². The molecule has 2 N–H and O–H groups in total. The second-order valence-electron chi connectivity index (χ2n) is 10.2. The number of carboxylic acid groups (broad SMARTS) is 1. The number of rotatable bonds is 8. The Morgan fingerprint density at radius 1 is 1.21 bits per heavy atom. The molecule has 1 fully saturated rings. The van der Waals surface area contributed by atoms with Gasteiger partial charge in [0.05, 0.1) is 23.5 Å². The fraction of sp³-hybridized carbons (Fsp3) is 0.333. The van der Waals surface area contributed by atoms with Crippen LogP contribution in [0.4, 0.5) is 14.5 Å². The van der Waals surface area contributed by atoms with Crippen molar-refractivity contribution < 1.29 is 33.0 Å². The topological polar surface area (TPSA) is 144 Å². The molecule has 1 aromatic carbocycles. The van der Waals surface area contributed by atoms with Crippen LogP contribution in [0.3, 0.4) is 0 Å². The number of likely N-dealkylation sites (tertiary alicyclic amines) is 1. The van der Waals surface area contributed by atoms with Crippen LogP contribution < -0.4 is 10.1 Å². The number of carbonyl (C=O) groups excluding carboxylic acids is 2. The summed E-state index contributed by atoms with van der Waals surface area (Å²) in [6.45, 7) is 0.585. The van der Waals surface area contributed by atoms with E-state index in [9.17, 15) is 28.3 Å². The maximum absolute atomic E-state index is 13.4. The van der Waals surface area contributed by atoms with E-state index in [1.54, 1.807) is 31.0 Å². The van der Waals surface area contributed by atoms with Crippen molar-refractivity contribution in [2.45, 2.75) is 39.3 Å². The van der Waals surface area contributed by atoms with E-state index >= 15 is 0 Å². The zero-order valence-electron chi connectivity index (χ0n) is 22.5. The van der Waals surface area contributed by atoms with E-state index in [0.717, 1.165) is 0 Å². The predicted molar refractivity (Wildman–Crippen MR) is 147 cm³/mol. The molecule has 220 valence electrons. The highest BCUT2D eigenvalue weighted by Gasteiger charge is 2.39. The summed E-state index contributed by atoms with van der Waals surface area (Å²) in [5.41, 5.74) is -0.309. The molecular weight excluding hydrogens is 576 g/mol. The molecule has 0 spiro atoms. The lowest BCUT2D eigenvalue weighted by Crippen LogP contribution is -2.47. The number of nitrogens with zero attached hydrogens (tertiary/aromatic N) is 6. The first kappa shape index (κ1) is 28.9. The summed E-state index contributed by atoms with van der Waals surface area (Å²) in [6, 6.07) is 4.75. The summed E-state index contributed by atoms with van der Waals surface area (Å²) >= 11 is 6.19. The standard InChI is InChI=1S/C27H26ClF2N7O5/c1-15(24(39)35-10-6-27(2,7-11-35)25(40)41)37-14-19(33-23(38)18-13-32-36-9-3-8-31-22(18)36)21(34-37)17-12-16(28)4-5-20(17)42-26(29)30/h3-5,8-9,12-15,26H,6-7,10-11H2,1-2H3,(H,33,38)(H,40,41). The van der Waals surface area contributed by atoms with Gasteiger partial charge < -0.3 is 20.1 Å². The molecule has 5 rings (SSSR count). The van der Waals surface area contributed by atoms with Crippen LogP contribution in [-0.4, -0.2) is 71.9 Å². The van der Waals surface area contributed by atoms with E-state index in [1.807, 2.05) is 0 Å². The van der Waals surface area contributed by atoms with Gasteiger partial charge >= 0.3 is 12.6 Å². The summed E-state index contributed by atoms with van der Waals surface area (Å²) in [5, 5.41) is 21.1. The van der Waals surface area contributed by atoms with Crippen LogP contribution in [0.25, 0.3) is 16.9 Å². The first-order valence-corrected chi connectivity index (χ1v) is 13.3. The molecule has 2 amide bonds. The van der Waals surface area contributed by atoms with E-state index in [0.29, 0.717) is 0 Å². The van der Waals surface area contributed by atoms with Crippen molar-refractivity contribution in [1.82, 2.24) is 29.3 Å². The summed E-state index contributed by atoms with van der Waals surface area (Å²) in [5.74, 6) is -2.08. The number of halogens is 3. The number of carboxylic acids is 1. The zero-order chi connectivity index (χ0) is 30.2. The average molecular weight is 602 g/mol. The van der Waals surface area contributed by atoms with Gasteiger partial charge in [0.2, 0.25) is 5.91 Å². The number of hydrogen-bond donors (Lipinski definition) is 2. The first-order chi connectivity index (χ1) is 20.0. The molecule has 0 radical (unpaired) electrons. The molecule has 15 heteroatoms. The molecule has 3 aromatic heterocycles. The fourth-order valence-electron chi connectivity index (χ4n) is 4.76. The summed E-state index contributed by atoms with van der Waals surface area (Å²) < 4.78 is 33.9. The van der Waals surface area contributed by atoms with E-state index in [2.05, 4.69) is 20.5 Å². The smallest absolute Gasteiger partial charge is 0.387 e. The number of ether oxygens (including phenoxy) is 1. The third-order valence-corrected chi connectivity index (χ3v) is 7.60. The van der Waals surface area contributed by atoms with E-state index < -0.39 is 29.9 Å². The quantitative estimate of drug-likeness (QED) is 0.303. The number of aromatic nitrogens is 5. The van der Waals surface area contributed by atoms with E-state index in [-0.39, 0.29) is 70.8 Å². The van der Waals surface area contributed by atoms with E-state index in [4.69, 9.17) is 16.3 Å². The number of piperidine rings is 1. The van der Waals surface area contributed by atoms with Gasteiger partial charge in [0.1, 0.15) is 23.0 Å². The minimum Gasteiger partial charge on any atom is -0.481 e. The number of aliphatic carboxylic acids is 1. The molecule has 4 aromatic rings. The van der Waals surface area contributed by atoms with Crippen LogP contribution >= 0.6 is 11.6 Å². The monoisotopic (exact) mass is 601 g/mol. The van der Waals surface area contributed by atoms with E-state index in [1.165, 1.54) is 46.0 Å². The van der Waals surface area contributed by atoms with Crippen molar-refractivity contribution >= 4 is 40.7 Å². The maximum Gasteiger partial charge on any atom is 0.387 e. The molecule has 1 aliphatic heterocycles. The SMILES string of the molecule is CC(C(=O)N1CCC(C)(C(=O)O)CC1)n1cc(NC(=O)c2cnn3cccnc23)c(-c2cc(Cl)ccc2OC(F)F)n1. The van der Waals surface area contributed by atoms with Gasteiger partial charge in [-0.15, -0.1) is 0 Å². The van der Waals surface area contributed by atoms with Crippen molar-refractivity contribution in [2.24, 2.45) is 5.41 Å². The van der Waals surface area contributed by atoms with Gasteiger partial charge in [0, 0.05) is 36.1 Å². The number of carbonyl (C=O) groups is 3. The van der Waals surface area contributed by atoms with Crippen LogP contribution in [0.1, 0.15) is 43.1 Å². The molecule has 1 atom stereocenters. The lowest BCUT2D eigenvalue weighted by Gasteiger charge is -2.37. The average Bonchev–Trinajstić information content (AvgIpc) is 3.58. The van der Waals surface area contributed by atoms with Crippen molar-refractivity contribution in [1.29, 1.82) is 0 Å². The van der Waals surface area contributed by atoms with Crippen LogP contribution in [0, 0.1) is 5.41 Å². The molecule has 0 saturated carbocycles. The van der Waals surface area contributed by atoms with Gasteiger partial charge in [-0.2, -0.15) is 19.0 Å². The molecule has 1 saturated heterocycles. The largest absolute Gasteiger partial charge is 0.481 e. The number of benzene rings is 1. The van der Waals surface area contributed by atoms with Gasteiger partial charge in [-0.3, -0.25) is 19.1 Å². The molecular formula is C27H26ClF2N7O5.